The molecular weight excluding hydrogens is 237 g/mol. The molecule has 5 heteroatoms. The first-order valence-corrected chi connectivity index (χ1v) is 5.85. The van der Waals surface area contributed by atoms with Crippen molar-refractivity contribution in [3.05, 3.63) is 29.6 Å². The minimum Gasteiger partial charge on any atom is -0.493 e. The largest absolute Gasteiger partial charge is 0.493 e. The number of ether oxygens (including phenoxy) is 2. The van der Waals surface area contributed by atoms with Gasteiger partial charge in [0.1, 0.15) is 11.6 Å². The van der Waals surface area contributed by atoms with Crippen molar-refractivity contribution in [2.45, 2.75) is 19.3 Å². The lowest BCUT2D eigenvalue weighted by Gasteiger charge is -2.08. The molecule has 0 bridgehead atoms. The first kappa shape index (κ1) is 14.4. The molecule has 0 aromatic heterocycles. The van der Waals surface area contributed by atoms with Gasteiger partial charge in [0, 0.05) is 12.5 Å². The van der Waals surface area contributed by atoms with E-state index >= 15 is 0 Å². The molecule has 0 saturated carbocycles. The highest BCUT2D eigenvalue weighted by Gasteiger charge is 2.03. The molecule has 1 aromatic carbocycles. The van der Waals surface area contributed by atoms with Gasteiger partial charge in [0.2, 0.25) is 0 Å². The average molecular weight is 255 g/mol. The van der Waals surface area contributed by atoms with E-state index in [1.807, 2.05) is 0 Å². The highest BCUT2D eigenvalue weighted by atomic mass is 19.1. The van der Waals surface area contributed by atoms with Crippen LogP contribution in [-0.4, -0.2) is 26.2 Å². The summed E-state index contributed by atoms with van der Waals surface area (Å²) in [4.78, 5) is 10.9. The van der Waals surface area contributed by atoms with Gasteiger partial charge in [-0.15, -0.1) is 0 Å². The number of carbonyl (C=O) groups excluding carboxylic acids is 1. The fourth-order valence-corrected chi connectivity index (χ4v) is 1.52. The Bertz CT molecular complexity index is 396. The molecule has 2 N–H and O–H groups in total. The molecule has 0 aliphatic rings. The third-order valence-electron chi connectivity index (χ3n) is 2.39. The lowest BCUT2D eigenvalue weighted by atomic mass is 10.1. The van der Waals surface area contributed by atoms with E-state index in [-0.39, 0.29) is 11.8 Å². The van der Waals surface area contributed by atoms with E-state index in [4.69, 9.17) is 10.5 Å². The number of esters is 1. The Labute approximate surface area is 106 Å². The van der Waals surface area contributed by atoms with Crippen molar-refractivity contribution in [1.29, 1.82) is 0 Å². The van der Waals surface area contributed by atoms with Gasteiger partial charge in [0.15, 0.2) is 0 Å². The maximum absolute atomic E-state index is 13.2. The SMILES string of the molecule is COC(=O)CCCOc1cc(F)cc(CCN)c1. The monoisotopic (exact) mass is 255 g/mol. The molecule has 0 atom stereocenters. The van der Waals surface area contributed by atoms with E-state index in [2.05, 4.69) is 4.74 Å². The van der Waals surface area contributed by atoms with E-state index in [1.165, 1.54) is 19.2 Å². The number of benzene rings is 1. The average Bonchev–Trinajstić information content (AvgIpc) is 2.34. The van der Waals surface area contributed by atoms with Crippen LogP contribution in [0.5, 0.6) is 5.75 Å². The predicted molar refractivity (Wildman–Crippen MR) is 65.9 cm³/mol. The van der Waals surface area contributed by atoms with Crippen molar-refractivity contribution in [3.63, 3.8) is 0 Å². The maximum atomic E-state index is 13.2. The van der Waals surface area contributed by atoms with Crippen molar-refractivity contribution in [2.24, 2.45) is 5.73 Å². The van der Waals surface area contributed by atoms with Gasteiger partial charge in [0.05, 0.1) is 13.7 Å². The Balaban J connectivity index is 2.44. The quantitative estimate of drug-likeness (QED) is 0.594. The molecule has 18 heavy (non-hydrogen) atoms. The summed E-state index contributed by atoms with van der Waals surface area (Å²) in [6.07, 6.45) is 1.44. The smallest absolute Gasteiger partial charge is 0.305 e. The molecule has 0 aliphatic heterocycles. The van der Waals surface area contributed by atoms with Gasteiger partial charge >= 0.3 is 5.97 Å². The molecule has 0 unspecified atom stereocenters. The zero-order valence-electron chi connectivity index (χ0n) is 10.4. The number of carbonyl (C=O) groups is 1. The first-order valence-electron chi connectivity index (χ1n) is 5.85. The van der Waals surface area contributed by atoms with Crippen LogP contribution in [0.2, 0.25) is 0 Å². The molecule has 0 fully saturated rings. The Morgan fingerprint density at radius 2 is 2.17 bits per heavy atom. The molecule has 1 aromatic rings. The number of nitrogens with two attached hydrogens (primary N) is 1. The number of methoxy groups -OCH3 is 1. The van der Waals surface area contributed by atoms with Gasteiger partial charge in [-0.2, -0.15) is 0 Å². The van der Waals surface area contributed by atoms with E-state index < -0.39 is 0 Å². The fourth-order valence-electron chi connectivity index (χ4n) is 1.52. The number of halogens is 1. The zero-order chi connectivity index (χ0) is 13.4. The predicted octanol–water partition coefficient (Wildman–Crippen LogP) is 1.66. The van der Waals surface area contributed by atoms with Crippen molar-refractivity contribution in [3.8, 4) is 5.75 Å². The third kappa shape index (κ3) is 5.14. The summed E-state index contributed by atoms with van der Waals surface area (Å²) < 4.78 is 23.1. The number of hydrogen-bond donors (Lipinski definition) is 1. The van der Waals surface area contributed by atoms with Gasteiger partial charge in [-0.1, -0.05) is 0 Å². The zero-order valence-corrected chi connectivity index (χ0v) is 10.4. The second kappa shape index (κ2) is 7.66. The molecule has 0 heterocycles. The highest BCUT2D eigenvalue weighted by molar-refractivity contribution is 5.69. The molecule has 4 nitrogen and oxygen atoms in total. The summed E-state index contributed by atoms with van der Waals surface area (Å²) in [5, 5.41) is 0. The summed E-state index contributed by atoms with van der Waals surface area (Å²) in [5.74, 6) is -0.158. The molecular formula is C13H18FNO3. The van der Waals surface area contributed by atoms with Crippen LogP contribution < -0.4 is 10.5 Å². The van der Waals surface area contributed by atoms with Crippen LogP contribution >= 0.6 is 0 Å². The molecule has 0 amide bonds. The molecule has 0 aliphatic carbocycles. The van der Waals surface area contributed by atoms with Gasteiger partial charge in [-0.25, -0.2) is 4.39 Å². The van der Waals surface area contributed by atoms with Crippen LogP contribution in [0.1, 0.15) is 18.4 Å². The van der Waals surface area contributed by atoms with Gasteiger partial charge < -0.3 is 15.2 Å². The Hall–Kier alpha value is -1.62. The van der Waals surface area contributed by atoms with Crippen LogP contribution in [-0.2, 0) is 16.0 Å². The summed E-state index contributed by atoms with van der Waals surface area (Å²) >= 11 is 0. The molecule has 1 rings (SSSR count). The lowest BCUT2D eigenvalue weighted by Crippen LogP contribution is -2.06. The standard InChI is InChI=1S/C13H18FNO3/c1-17-13(16)3-2-6-18-12-8-10(4-5-15)7-11(14)9-12/h7-9H,2-6,15H2,1H3. The van der Waals surface area contributed by atoms with Crippen LogP contribution in [0.4, 0.5) is 4.39 Å². The van der Waals surface area contributed by atoms with Crippen molar-refractivity contribution < 1.29 is 18.7 Å². The Kier molecular flexibility index (Phi) is 6.14. The molecule has 100 valence electrons. The second-order valence-electron chi connectivity index (χ2n) is 3.86. The summed E-state index contributed by atoms with van der Waals surface area (Å²) in [5.41, 5.74) is 6.22. The van der Waals surface area contributed by atoms with Crippen molar-refractivity contribution >= 4 is 5.97 Å². The van der Waals surface area contributed by atoms with Crippen LogP contribution in [0.15, 0.2) is 18.2 Å². The van der Waals surface area contributed by atoms with E-state index in [0.717, 1.165) is 5.56 Å². The van der Waals surface area contributed by atoms with Gasteiger partial charge in [-0.05, 0) is 37.1 Å². The van der Waals surface area contributed by atoms with Gasteiger partial charge in [-0.3, -0.25) is 4.79 Å². The fraction of sp³-hybridized carbons (Fsp3) is 0.462. The van der Waals surface area contributed by atoms with Gasteiger partial charge in [0.25, 0.3) is 0 Å². The normalized spacial score (nSPS) is 10.2. The van der Waals surface area contributed by atoms with E-state index in [0.29, 0.717) is 38.2 Å². The minimum atomic E-state index is -0.344. The molecule has 0 saturated heterocycles. The number of hydrogen-bond acceptors (Lipinski definition) is 4. The topological polar surface area (TPSA) is 61.5 Å². The second-order valence-corrected chi connectivity index (χ2v) is 3.86. The summed E-state index contributed by atoms with van der Waals surface area (Å²) in [6.45, 7) is 0.811. The minimum absolute atomic E-state index is 0.276. The Morgan fingerprint density at radius 3 is 2.83 bits per heavy atom. The van der Waals surface area contributed by atoms with E-state index in [9.17, 15) is 9.18 Å². The first-order chi connectivity index (χ1) is 8.65. The molecule has 0 spiro atoms. The molecule has 0 radical (unpaired) electrons. The summed E-state index contributed by atoms with van der Waals surface area (Å²) in [6, 6.07) is 4.51. The van der Waals surface area contributed by atoms with Crippen molar-refractivity contribution in [2.75, 3.05) is 20.3 Å². The van der Waals surface area contributed by atoms with Crippen molar-refractivity contribution in [1.82, 2.24) is 0 Å². The highest BCUT2D eigenvalue weighted by Crippen LogP contribution is 2.17. The maximum Gasteiger partial charge on any atom is 0.305 e. The lowest BCUT2D eigenvalue weighted by molar-refractivity contribution is -0.140. The van der Waals surface area contributed by atoms with Crippen LogP contribution in [0.25, 0.3) is 0 Å². The Morgan fingerprint density at radius 1 is 1.39 bits per heavy atom. The van der Waals surface area contributed by atoms with E-state index in [1.54, 1.807) is 6.07 Å². The number of rotatable bonds is 7. The van der Waals surface area contributed by atoms with Crippen LogP contribution in [0, 0.1) is 5.82 Å². The summed E-state index contributed by atoms with van der Waals surface area (Å²) in [7, 11) is 1.34. The third-order valence-corrected chi connectivity index (χ3v) is 2.39. The van der Waals surface area contributed by atoms with Crippen LogP contribution in [0.3, 0.4) is 0 Å².